The number of anilines is 1. The average Bonchev–Trinajstić information content (AvgIpc) is 2.61. The Labute approximate surface area is 130 Å². The van der Waals surface area contributed by atoms with Crippen LogP contribution in [0.3, 0.4) is 0 Å². The maximum atomic E-state index is 5.96. The number of para-hydroxylation sites is 2. The summed E-state index contributed by atoms with van der Waals surface area (Å²) in [5.74, 6) is 2.87. The molecule has 5 nitrogen and oxygen atoms in total. The Morgan fingerprint density at radius 2 is 1.91 bits per heavy atom. The molecule has 2 aromatic rings. The summed E-state index contributed by atoms with van der Waals surface area (Å²) in [7, 11) is 1.66. The largest absolute Gasteiger partial charge is 0.493 e. The van der Waals surface area contributed by atoms with Crippen LogP contribution in [0, 0.1) is 5.92 Å². The van der Waals surface area contributed by atoms with E-state index in [1.165, 1.54) is 6.42 Å². The first kappa shape index (κ1) is 14.6. The van der Waals surface area contributed by atoms with Crippen molar-refractivity contribution in [3.05, 3.63) is 42.7 Å². The first-order chi connectivity index (χ1) is 10.9. The number of nitrogens with zero attached hydrogens (tertiary/aromatic N) is 3. The Kier molecular flexibility index (Phi) is 4.73. The molecule has 1 aliphatic heterocycles. The first-order valence-corrected chi connectivity index (χ1v) is 7.64. The minimum Gasteiger partial charge on any atom is -0.493 e. The molecule has 22 heavy (non-hydrogen) atoms. The Hall–Kier alpha value is -2.30. The van der Waals surface area contributed by atoms with Gasteiger partial charge in [-0.25, -0.2) is 9.97 Å². The van der Waals surface area contributed by atoms with E-state index < -0.39 is 0 Å². The van der Waals surface area contributed by atoms with E-state index in [-0.39, 0.29) is 0 Å². The topological polar surface area (TPSA) is 47.5 Å². The van der Waals surface area contributed by atoms with Crippen molar-refractivity contribution in [2.75, 3.05) is 31.7 Å². The van der Waals surface area contributed by atoms with Crippen LogP contribution >= 0.6 is 0 Å². The van der Waals surface area contributed by atoms with Gasteiger partial charge in [-0.3, -0.25) is 0 Å². The summed E-state index contributed by atoms with van der Waals surface area (Å²) in [5.41, 5.74) is 0. The number of benzene rings is 1. The molecule has 0 aliphatic carbocycles. The van der Waals surface area contributed by atoms with Crippen LogP contribution < -0.4 is 14.4 Å². The van der Waals surface area contributed by atoms with E-state index in [0.717, 1.165) is 37.0 Å². The fourth-order valence-electron chi connectivity index (χ4n) is 2.78. The SMILES string of the molecule is COc1ccccc1OC[C@H]1CCCN(c2ncccn2)C1. The quantitative estimate of drug-likeness (QED) is 0.849. The lowest BCUT2D eigenvalue weighted by Gasteiger charge is -2.32. The molecule has 1 fully saturated rings. The van der Waals surface area contributed by atoms with E-state index in [9.17, 15) is 0 Å². The van der Waals surface area contributed by atoms with E-state index in [1.807, 2.05) is 30.3 Å². The second kappa shape index (κ2) is 7.11. The summed E-state index contributed by atoms with van der Waals surface area (Å²) < 4.78 is 11.3. The number of methoxy groups -OCH3 is 1. The lowest BCUT2D eigenvalue weighted by molar-refractivity contribution is 0.220. The zero-order valence-electron chi connectivity index (χ0n) is 12.8. The van der Waals surface area contributed by atoms with E-state index >= 15 is 0 Å². The number of hydrogen-bond donors (Lipinski definition) is 0. The van der Waals surface area contributed by atoms with Crippen molar-refractivity contribution in [2.24, 2.45) is 5.92 Å². The van der Waals surface area contributed by atoms with Crippen LogP contribution in [0.15, 0.2) is 42.7 Å². The highest BCUT2D eigenvalue weighted by atomic mass is 16.5. The van der Waals surface area contributed by atoms with Gasteiger partial charge in [-0.2, -0.15) is 0 Å². The van der Waals surface area contributed by atoms with Crippen LogP contribution in [0.1, 0.15) is 12.8 Å². The van der Waals surface area contributed by atoms with Gasteiger partial charge in [-0.15, -0.1) is 0 Å². The number of ether oxygens (including phenoxy) is 2. The van der Waals surface area contributed by atoms with Crippen molar-refractivity contribution in [3.8, 4) is 11.5 Å². The Bertz CT molecular complexity index is 591. The Morgan fingerprint density at radius 1 is 1.14 bits per heavy atom. The van der Waals surface area contributed by atoms with Crippen LogP contribution in [0.25, 0.3) is 0 Å². The fraction of sp³-hybridized carbons (Fsp3) is 0.412. The summed E-state index contributed by atoms with van der Waals surface area (Å²) in [4.78, 5) is 10.9. The summed E-state index contributed by atoms with van der Waals surface area (Å²) >= 11 is 0. The summed E-state index contributed by atoms with van der Waals surface area (Å²) in [6.45, 7) is 2.62. The van der Waals surface area contributed by atoms with Gasteiger partial charge in [0.15, 0.2) is 11.5 Å². The van der Waals surface area contributed by atoms with Gasteiger partial charge in [0.1, 0.15) is 0 Å². The molecule has 0 saturated carbocycles. The minimum absolute atomic E-state index is 0.475. The maximum Gasteiger partial charge on any atom is 0.225 e. The number of hydrogen-bond acceptors (Lipinski definition) is 5. The van der Waals surface area contributed by atoms with Crippen LogP contribution in [-0.2, 0) is 0 Å². The van der Waals surface area contributed by atoms with Crippen LogP contribution in [0.5, 0.6) is 11.5 Å². The molecule has 0 spiro atoms. The van der Waals surface area contributed by atoms with E-state index in [2.05, 4.69) is 14.9 Å². The van der Waals surface area contributed by atoms with Gasteiger partial charge in [0.2, 0.25) is 5.95 Å². The van der Waals surface area contributed by atoms with Gasteiger partial charge in [0.25, 0.3) is 0 Å². The Balaban J connectivity index is 1.59. The standard InChI is InChI=1S/C17H21N3O2/c1-21-15-7-2-3-8-16(15)22-13-14-6-4-11-20(12-14)17-18-9-5-10-19-17/h2-3,5,7-10,14H,4,6,11-13H2,1H3/t14-/m0/s1. The lowest BCUT2D eigenvalue weighted by Crippen LogP contribution is -2.38. The molecule has 5 heteroatoms. The normalized spacial score (nSPS) is 18.0. The van der Waals surface area contributed by atoms with Crippen molar-refractivity contribution in [1.29, 1.82) is 0 Å². The van der Waals surface area contributed by atoms with Crippen molar-refractivity contribution in [3.63, 3.8) is 0 Å². The van der Waals surface area contributed by atoms with Crippen molar-refractivity contribution < 1.29 is 9.47 Å². The smallest absolute Gasteiger partial charge is 0.225 e. The highest BCUT2D eigenvalue weighted by molar-refractivity contribution is 5.39. The number of piperidine rings is 1. The molecular weight excluding hydrogens is 278 g/mol. The third-order valence-corrected chi connectivity index (χ3v) is 3.90. The molecule has 0 amide bonds. The molecule has 0 radical (unpaired) electrons. The molecule has 3 rings (SSSR count). The van der Waals surface area contributed by atoms with Crippen molar-refractivity contribution in [2.45, 2.75) is 12.8 Å². The molecule has 0 N–H and O–H groups in total. The van der Waals surface area contributed by atoms with E-state index in [4.69, 9.17) is 9.47 Å². The van der Waals surface area contributed by atoms with Gasteiger partial charge < -0.3 is 14.4 Å². The second-order valence-electron chi connectivity index (χ2n) is 5.46. The zero-order chi connectivity index (χ0) is 15.2. The molecule has 1 aliphatic rings. The molecule has 1 saturated heterocycles. The molecule has 1 atom stereocenters. The Morgan fingerprint density at radius 3 is 2.68 bits per heavy atom. The highest BCUT2D eigenvalue weighted by Crippen LogP contribution is 2.27. The van der Waals surface area contributed by atoms with Gasteiger partial charge >= 0.3 is 0 Å². The number of aromatic nitrogens is 2. The molecular formula is C17H21N3O2. The van der Waals surface area contributed by atoms with Crippen molar-refractivity contribution >= 4 is 5.95 Å². The molecule has 0 unspecified atom stereocenters. The lowest BCUT2D eigenvalue weighted by atomic mass is 9.99. The molecule has 1 aromatic carbocycles. The molecule has 1 aromatic heterocycles. The van der Waals surface area contributed by atoms with Gasteiger partial charge in [0.05, 0.1) is 13.7 Å². The molecule has 116 valence electrons. The fourth-order valence-corrected chi connectivity index (χ4v) is 2.78. The van der Waals surface area contributed by atoms with Gasteiger partial charge in [-0.1, -0.05) is 12.1 Å². The van der Waals surface area contributed by atoms with Crippen LogP contribution in [-0.4, -0.2) is 36.8 Å². The molecule has 0 bridgehead atoms. The molecule has 2 heterocycles. The van der Waals surface area contributed by atoms with Crippen molar-refractivity contribution in [1.82, 2.24) is 9.97 Å². The average molecular weight is 299 g/mol. The van der Waals surface area contributed by atoms with Gasteiger partial charge in [-0.05, 0) is 31.0 Å². The van der Waals surface area contributed by atoms with Gasteiger partial charge in [0, 0.05) is 31.4 Å². The van der Waals surface area contributed by atoms with Crippen LogP contribution in [0.4, 0.5) is 5.95 Å². The zero-order valence-corrected chi connectivity index (χ0v) is 12.8. The predicted octanol–water partition coefficient (Wildman–Crippen LogP) is 2.78. The third-order valence-electron chi connectivity index (χ3n) is 3.90. The summed E-state index contributed by atoms with van der Waals surface area (Å²) in [5, 5.41) is 0. The second-order valence-corrected chi connectivity index (χ2v) is 5.46. The maximum absolute atomic E-state index is 5.96. The van der Waals surface area contributed by atoms with Crippen LogP contribution in [0.2, 0.25) is 0 Å². The summed E-state index contributed by atoms with van der Waals surface area (Å²) in [6, 6.07) is 9.61. The monoisotopic (exact) mass is 299 g/mol. The predicted molar refractivity (Wildman–Crippen MR) is 85.5 cm³/mol. The first-order valence-electron chi connectivity index (χ1n) is 7.64. The highest BCUT2D eigenvalue weighted by Gasteiger charge is 2.22. The van der Waals surface area contributed by atoms with E-state index in [1.54, 1.807) is 19.5 Å². The number of rotatable bonds is 5. The van der Waals surface area contributed by atoms with E-state index in [0.29, 0.717) is 12.5 Å². The third kappa shape index (κ3) is 3.47. The summed E-state index contributed by atoms with van der Waals surface area (Å²) in [6.07, 6.45) is 5.88. The minimum atomic E-state index is 0.475.